The fourth-order valence-electron chi connectivity index (χ4n) is 1.92. The zero-order chi connectivity index (χ0) is 17.7. The van der Waals surface area contributed by atoms with Gasteiger partial charge in [-0.05, 0) is 25.1 Å². The van der Waals surface area contributed by atoms with Gasteiger partial charge in [-0.3, -0.25) is 9.59 Å². The highest BCUT2D eigenvalue weighted by Crippen LogP contribution is 2.28. The number of aromatic nitrogens is 1. The molecule has 0 saturated heterocycles. The highest BCUT2D eigenvalue weighted by molar-refractivity contribution is 6.42. The van der Waals surface area contributed by atoms with E-state index in [0.29, 0.717) is 22.2 Å². The van der Waals surface area contributed by atoms with Gasteiger partial charge in [-0.1, -0.05) is 23.2 Å². The second kappa shape index (κ2) is 8.17. The van der Waals surface area contributed by atoms with Crippen molar-refractivity contribution in [2.24, 2.45) is 0 Å². The van der Waals surface area contributed by atoms with Gasteiger partial charge in [0, 0.05) is 19.2 Å². The summed E-state index contributed by atoms with van der Waals surface area (Å²) in [5.74, 6) is -0.445. The van der Waals surface area contributed by atoms with Crippen molar-refractivity contribution in [2.75, 3.05) is 20.2 Å². The summed E-state index contributed by atoms with van der Waals surface area (Å²) in [5, 5.41) is 0.786. The second-order valence-electron chi connectivity index (χ2n) is 4.95. The number of ether oxygens (including phenoxy) is 1. The summed E-state index contributed by atoms with van der Waals surface area (Å²) in [4.78, 5) is 29.2. The minimum absolute atomic E-state index is 0.119. The highest BCUT2D eigenvalue weighted by atomic mass is 35.5. The Morgan fingerprint density at radius 3 is 2.71 bits per heavy atom. The van der Waals surface area contributed by atoms with Crippen molar-refractivity contribution in [1.29, 1.82) is 0 Å². The van der Waals surface area contributed by atoms with Gasteiger partial charge >= 0.3 is 5.97 Å². The van der Waals surface area contributed by atoms with Gasteiger partial charge in [-0.2, -0.15) is 0 Å². The normalized spacial score (nSPS) is 10.5. The summed E-state index contributed by atoms with van der Waals surface area (Å²) in [6, 6.07) is 4.92. The zero-order valence-corrected chi connectivity index (χ0v) is 14.7. The molecule has 0 atom stereocenters. The van der Waals surface area contributed by atoms with E-state index in [1.165, 1.54) is 11.2 Å². The van der Waals surface area contributed by atoms with Gasteiger partial charge in [0.25, 0.3) is 5.91 Å². The number of nitrogens with zero attached hydrogens (tertiary/aromatic N) is 2. The molecule has 0 spiro atoms. The van der Waals surface area contributed by atoms with Crippen LogP contribution in [0.25, 0.3) is 11.5 Å². The molecule has 0 unspecified atom stereocenters. The van der Waals surface area contributed by atoms with Gasteiger partial charge in [0.15, 0.2) is 5.69 Å². The molecular weight excluding hydrogens is 355 g/mol. The molecule has 0 aliphatic carbocycles. The molecule has 2 rings (SSSR count). The number of carbonyl (C=O) groups is 2. The summed E-state index contributed by atoms with van der Waals surface area (Å²) < 4.78 is 10.2. The monoisotopic (exact) mass is 370 g/mol. The van der Waals surface area contributed by atoms with Crippen LogP contribution in [0.3, 0.4) is 0 Å². The molecular formula is C16H16Cl2N2O4. The Balaban J connectivity index is 2.05. The van der Waals surface area contributed by atoms with Gasteiger partial charge in [-0.25, -0.2) is 4.98 Å². The average molecular weight is 371 g/mol. The Morgan fingerprint density at radius 1 is 1.29 bits per heavy atom. The van der Waals surface area contributed by atoms with Gasteiger partial charge in [-0.15, -0.1) is 0 Å². The van der Waals surface area contributed by atoms with Gasteiger partial charge in [0.1, 0.15) is 6.26 Å². The molecule has 0 fully saturated rings. The molecule has 1 aromatic carbocycles. The molecule has 8 heteroatoms. The molecule has 0 aliphatic rings. The first-order valence-corrected chi connectivity index (χ1v) is 8.00. The number of carbonyl (C=O) groups excluding carboxylic acids is 2. The van der Waals surface area contributed by atoms with E-state index in [1.807, 2.05) is 0 Å². The average Bonchev–Trinajstić information content (AvgIpc) is 3.04. The van der Waals surface area contributed by atoms with E-state index in [9.17, 15) is 9.59 Å². The fourth-order valence-corrected chi connectivity index (χ4v) is 2.22. The number of hydrogen-bond donors (Lipinski definition) is 0. The summed E-state index contributed by atoms with van der Waals surface area (Å²) in [6.07, 6.45) is 1.38. The Morgan fingerprint density at radius 2 is 2.04 bits per heavy atom. The number of esters is 1. The molecule has 1 amide bonds. The Kier molecular flexibility index (Phi) is 6.23. The second-order valence-corrected chi connectivity index (χ2v) is 5.76. The molecule has 0 bridgehead atoms. The maximum absolute atomic E-state index is 12.3. The van der Waals surface area contributed by atoms with Crippen LogP contribution in [0.5, 0.6) is 0 Å². The van der Waals surface area contributed by atoms with E-state index in [-0.39, 0.29) is 36.4 Å². The van der Waals surface area contributed by atoms with E-state index in [0.717, 1.165) is 0 Å². The maximum atomic E-state index is 12.3. The van der Waals surface area contributed by atoms with Crippen molar-refractivity contribution in [3.05, 3.63) is 40.2 Å². The maximum Gasteiger partial charge on any atom is 0.307 e. The Labute approximate surface area is 149 Å². The van der Waals surface area contributed by atoms with Crippen LogP contribution >= 0.6 is 23.2 Å². The molecule has 128 valence electrons. The van der Waals surface area contributed by atoms with Gasteiger partial charge in [0.05, 0.1) is 23.1 Å². The summed E-state index contributed by atoms with van der Waals surface area (Å²) in [5.41, 5.74) is 0.750. The predicted molar refractivity (Wildman–Crippen MR) is 90.2 cm³/mol. The lowest BCUT2D eigenvalue weighted by atomic mass is 10.2. The van der Waals surface area contributed by atoms with Crippen LogP contribution in [0.2, 0.25) is 10.0 Å². The molecule has 1 heterocycles. The van der Waals surface area contributed by atoms with Gasteiger partial charge < -0.3 is 14.1 Å². The first kappa shape index (κ1) is 18.3. The molecule has 0 saturated carbocycles. The van der Waals surface area contributed by atoms with Crippen LogP contribution in [0, 0.1) is 0 Å². The number of benzene rings is 1. The third-order valence-corrected chi connectivity index (χ3v) is 3.93. The third-order valence-electron chi connectivity index (χ3n) is 3.19. The van der Waals surface area contributed by atoms with Crippen molar-refractivity contribution in [3.63, 3.8) is 0 Å². The molecule has 0 aliphatic heterocycles. The van der Waals surface area contributed by atoms with Crippen LogP contribution in [-0.4, -0.2) is 42.0 Å². The van der Waals surface area contributed by atoms with E-state index in [4.69, 9.17) is 32.4 Å². The van der Waals surface area contributed by atoms with Crippen molar-refractivity contribution in [2.45, 2.75) is 13.3 Å². The number of rotatable bonds is 6. The largest absolute Gasteiger partial charge is 0.466 e. The molecule has 1 aromatic heterocycles. The standard InChI is InChI=1S/C16H16Cl2N2O4/c1-3-23-14(21)6-7-20(2)16(22)13-9-24-15(19-13)10-4-5-11(17)12(18)8-10/h4-5,8-9H,3,6-7H2,1-2H3. The van der Waals surface area contributed by atoms with Crippen molar-refractivity contribution < 1.29 is 18.7 Å². The SMILES string of the molecule is CCOC(=O)CCN(C)C(=O)c1coc(-c2ccc(Cl)c(Cl)c2)n1. The van der Waals surface area contributed by atoms with Crippen LogP contribution in [-0.2, 0) is 9.53 Å². The Bertz CT molecular complexity index is 745. The first-order valence-electron chi connectivity index (χ1n) is 7.24. The Hall–Kier alpha value is -2.05. The smallest absolute Gasteiger partial charge is 0.307 e. The minimum atomic E-state index is -0.353. The lowest BCUT2D eigenvalue weighted by Crippen LogP contribution is -2.29. The molecule has 24 heavy (non-hydrogen) atoms. The highest BCUT2D eigenvalue weighted by Gasteiger charge is 2.18. The third kappa shape index (κ3) is 4.49. The van der Waals surface area contributed by atoms with Crippen LogP contribution in [0.15, 0.2) is 28.9 Å². The zero-order valence-electron chi connectivity index (χ0n) is 13.2. The quantitative estimate of drug-likeness (QED) is 0.725. The van der Waals surface area contributed by atoms with E-state index in [1.54, 1.807) is 32.2 Å². The number of hydrogen-bond acceptors (Lipinski definition) is 5. The number of amides is 1. The van der Waals surface area contributed by atoms with Crippen LogP contribution in [0.4, 0.5) is 0 Å². The lowest BCUT2D eigenvalue weighted by Gasteiger charge is -2.14. The van der Waals surface area contributed by atoms with Crippen molar-refractivity contribution in [3.8, 4) is 11.5 Å². The van der Waals surface area contributed by atoms with Crippen LogP contribution in [0.1, 0.15) is 23.8 Å². The lowest BCUT2D eigenvalue weighted by molar-refractivity contribution is -0.143. The number of halogens is 2. The first-order chi connectivity index (χ1) is 11.4. The van der Waals surface area contributed by atoms with Crippen molar-refractivity contribution in [1.82, 2.24) is 9.88 Å². The summed E-state index contributed by atoms with van der Waals surface area (Å²) in [7, 11) is 1.58. The topological polar surface area (TPSA) is 72.6 Å². The molecule has 6 nitrogen and oxygen atoms in total. The molecule has 0 radical (unpaired) electrons. The predicted octanol–water partition coefficient (Wildman–Crippen LogP) is 3.67. The van der Waals surface area contributed by atoms with E-state index < -0.39 is 0 Å². The molecule has 0 N–H and O–H groups in total. The van der Waals surface area contributed by atoms with Gasteiger partial charge in [0.2, 0.25) is 5.89 Å². The van der Waals surface area contributed by atoms with E-state index >= 15 is 0 Å². The summed E-state index contributed by atoms with van der Waals surface area (Å²) >= 11 is 11.8. The summed E-state index contributed by atoms with van der Waals surface area (Å²) in [6.45, 7) is 2.27. The minimum Gasteiger partial charge on any atom is -0.466 e. The van der Waals surface area contributed by atoms with Crippen molar-refractivity contribution >= 4 is 35.1 Å². The van der Waals surface area contributed by atoms with Crippen LogP contribution < -0.4 is 0 Å². The van der Waals surface area contributed by atoms with E-state index in [2.05, 4.69) is 4.98 Å². The molecule has 2 aromatic rings. The fraction of sp³-hybridized carbons (Fsp3) is 0.312. The number of oxazole rings is 1.